The Hall–Kier alpha value is -1.43. The highest BCUT2D eigenvalue weighted by atomic mass is 16.4. The molecule has 6 heteroatoms. The van der Waals surface area contributed by atoms with Gasteiger partial charge in [0, 0.05) is 5.92 Å². The van der Waals surface area contributed by atoms with Crippen LogP contribution >= 0.6 is 0 Å². The second kappa shape index (κ2) is 3.75. The van der Waals surface area contributed by atoms with E-state index in [0.717, 1.165) is 12.8 Å². The van der Waals surface area contributed by atoms with Gasteiger partial charge < -0.3 is 9.73 Å². The molecule has 1 aromatic heterocycles. The van der Waals surface area contributed by atoms with E-state index in [0.29, 0.717) is 11.8 Å². The molecule has 1 fully saturated rings. The van der Waals surface area contributed by atoms with Gasteiger partial charge in [0.2, 0.25) is 11.8 Å². The Morgan fingerprint density at radius 3 is 3.00 bits per heavy atom. The van der Waals surface area contributed by atoms with Gasteiger partial charge >= 0.3 is 6.01 Å². The van der Waals surface area contributed by atoms with Crippen molar-refractivity contribution < 1.29 is 9.21 Å². The molecule has 0 aliphatic heterocycles. The average molecular weight is 196 g/mol. The van der Waals surface area contributed by atoms with Gasteiger partial charge in [0.05, 0.1) is 6.54 Å². The standard InChI is InChI=1S/C8H12N4O2/c1-9-4-6(13)10-8-12-11-7(14-8)5-2-3-5/h5,9H,2-4H2,1H3,(H,10,12,13). The van der Waals surface area contributed by atoms with E-state index in [1.807, 2.05) is 0 Å². The predicted octanol–water partition coefficient (Wildman–Crippen LogP) is 0.105. The molecular weight excluding hydrogens is 184 g/mol. The molecule has 1 saturated carbocycles. The van der Waals surface area contributed by atoms with Crippen LogP contribution in [0.15, 0.2) is 4.42 Å². The lowest BCUT2D eigenvalue weighted by Gasteiger charge is -1.97. The highest BCUT2D eigenvalue weighted by molar-refractivity contribution is 5.90. The molecule has 76 valence electrons. The molecule has 0 unspecified atom stereocenters. The molecule has 14 heavy (non-hydrogen) atoms. The van der Waals surface area contributed by atoms with Crippen molar-refractivity contribution in [1.29, 1.82) is 0 Å². The maximum atomic E-state index is 11.1. The van der Waals surface area contributed by atoms with E-state index >= 15 is 0 Å². The van der Waals surface area contributed by atoms with Gasteiger partial charge in [-0.2, -0.15) is 0 Å². The van der Waals surface area contributed by atoms with Crippen LogP contribution in [-0.4, -0.2) is 29.7 Å². The summed E-state index contributed by atoms with van der Waals surface area (Å²) in [5.41, 5.74) is 0. The third-order valence-electron chi connectivity index (χ3n) is 1.95. The Kier molecular flexibility index (Phi) is 2.45. The van der Waals surface area contributed by atoms with E-state index in [1.165, 1.54) is 0 Å². The largest absolute Gasteiger partial charge is 0.408 e. The van der Waals surface area contributed by atoms with Crippen molar-refractivity contribution in [2.45, 2.75) is 18.8 Å². The van der Waals surface area contributed by atoms with Crippen LogP contribution in [0.5, 0.6) is 0 Å². The number of amides is 1. The summed E-state index contributed by atoms with van der Waals surface area (Å²) in [7, 11) is 1.70. The van der Waals surface area contributed by atoms with Gasteiger partial charge in [-0.25, -0.2) is 0 Å². The molecule has 0 saturated heterocycles. The lowest BCUT2D eigenvalue weighted by Crippen LogP contribution is -2.25. The molecule has 2 N–H and O–H groups in total. The van der Waals surface area contributed by atoms with E-state index in [-0.39, 0.29) is 18.5 Å². The van der Waals surface area contributed by atoms with Crippen LogP contribution < -0.4 is 10.6 Å². The number of rotatable bonds is 4. The van der Waals surface area contributed by atoms with Crippen LogP contribution in [0.25, 0.3) is 0 Å². The highest BCUT2D eigenvalue weighted by Gasteiger charge is 2.29. The molecule has 2 rings (SSSR count). The second-order valence-corrected chi connectivity index (χ2v) is 3.30. The molecule has 1 heterocycles. The highest BCUT2D eigenvalue weighted by Crippen LogP contribution is 2.39. The fourth-order valence-corrected chi connectivity index (χ4v) is 1.10. The molecule has 0 aromatic carbocycles. The van der Waals surface area contributed by atoms with Crippen molar-refractivity contribution in [3.05, 3.63) is 5.89 Å². The lowest BCUT2D eigenvalue weighted by atomic mass is 10.4. The Morgan fingerprint density at radius 2 is 2.36 bits per heavy atom. The third-order valence-corrected chi connectivity index (χ3v) is 1.95. The summed E-state index contributed by atoms with van der Waals surface area (Å²) in [5.74, 6) is 0.862. The Bertz CT molecular complexity index is 332. The molecule has 0 radical (unpaired) electrons. The maximum absolute atomic E-state index is 11.1. The first-order valence-electron chi connectivity index (χ1n) is 4.57. The number of nitrogens with one attached hydrogen (secondary N) is 2. The second-order valence-electron chi connectivity index (χ2n) is 3.30. The Morgan fingerprint density at radius 1 is 1.57 bits per heavy atom. The number of aromatic nitrogens is 2. The van der Waals surface area contributed by atoms with Gasteiger partial charge in [0.25, 0.3) is 0 Å². The Balaban J connectivity index is 1.92. The third kappa shape index (κ3) is 2.08. The van der Waals surface area contributed by atoms with Crippen LogP contribution in [0, 0.1) is 0 Å². The normalized spacial score (nSPS) is 15.5. The van der Waals surface area contributed by atoms with Crippen LogP contribution in [0.1, 0.15) is 24.7 Å². The van der Waals surface area contributed by atoms with Crippen LogP contribution in [0.2, 0.25) is 0 Å². The minimum Gasteiger partial charge on any atom is -0.408 e. The SMILES string of the molecule is CNCC(=O)Nc1nnc(C2CC2)o1. The molecular formula is C8H12N4O2. The van der Waals surface area contributed by atoms with Crippen LogP contribution in [0.3, 0.4) is 0 Å². The smallest absolute Gasteiger partial charge is 0.322 e. The van der Waals surface area contributed by atoms with Gasteiger partial charge in [-0.05, 0) is 19.9 Å². The predicted molar refractivity (Wildman–Crippen MR) is 48.8 cm³/mol. The first-order valence-corrected chi connectivity index (χ1v) is 4.57. The molecule has 0 atom stereocenters. The van der Waals surface area contributed by atoms with Crippen molar-refractivity contribution in [1.82, 2.24) is 15.5 Å². The monoisotopic (exact) mass is 196 g/mol. The van der Waals surface area contributed by atoms with Crippen molar-refractivity contribution in [3.63, 3.8) is 0 Å². The van der Waals surface area contributed by atoms with E-state index in [2.05, 4.69) is 20.8 Å². The zero-order chi connectivity index (χ0) is 9.97. The number of hydrogen-bond acceptors (Lipinski definition) is 5. The van der Waals surface area contributed by atoms with Crippen molar-refractivity contribution in [2.24, 2.45) is 0 Å². The summed E-state index contributed by atoms with van der Waals surface area (Å²) < 4.78 is 5.24. The molecule has 1 aliphatic rings. The molecule has 1 aliphatic carbocycles. The van der Waals surface area contributed by atoms with Gasteiger partial charge in [-0.15, -0.1) is 5.10 Å². The fourth-order valence-electron chi connectivity index (χ4n) is 1.10. The van der Waals surface area contributed by atoms with Crippen LogP contribution in [-0.2, 0) is 4.79 Å². The summed E-state index contributed by atoms with van der Waals surface area (Å²) >= 11 is 0. The quantitative estimate of drug-likeness (QED) is 0.714. The topological polar surface area (TPSA) is 80.0 Å². The van der Waals surface area contributed by atoms with Gasteiger partial charge in [0.1, 0.15) is 0 Å². The summed E-state index contributed by atoms with van der Waals surface area (Å²) in [6.45, 7) is 0.237. The zero-order valence-electron chi connectivity index (χ0n) is 7.91. The minimum absolute atomic E-state index is 0.182. The fraction of sp³-hybridized carbons (Fsp3) is 0.625. The molecule has 0 bridgehead atoms. The molecule has 6 nitrogen and oxygen atoms in total. The van der Waals surface area contributed by atoms with Crippen molar-refractivity contribution >= 4 is 11.9 Å². The number of anilines is 1. The number of carbonyl (C=O) groups is 1. The summed E-state index contributed by atoms with van der Waals surface area (Å²) in [4.78, 5) is 11.1. The summed E-state index contributed by atoms with van der Waals surface area (Å²) in [6.07, 6.45) is 2.21. The minimum atomic E-state index is -0.182. The van der Waals surface area contributed by atoms with E-state index in [9.17, 15) is 4.79 Å². The molecule has 1 aromatic rings. The Labute approximate surface area is 81.1 Å². The number of carbonyl (C=O) groups excluding carboxylic acids is 1. The van der Waals surface area contributed by atoms with Crippen molar-refractivity contribution in [2.75, 3.05) is 18.9 Å². The maximum Gasteiger partial charge on any atom is 0.322 e. The first kappa shape index (κ1) is 9.14. The van der Waals surface area contributed by atoms with Gasteiger partial charge in [-0.1, -0.05) is 5.10 Å². The lowest BCUT2D eigenvalue weighted by molar-refractivity contribution is -0.115. The van der Waals surface area contributed by atoms with E-state index in [4.69, 9.17) is 4.42 Å². The summed E-state index contributed by atoms with van der Waals surface area (Å²) in [5, 5.41) is 12.8. The van der Waals surface area contributed by atoms with Crippen LogP contribution in [0.4, 0.5) is 6.01 Å². The van der Waals surface area contributed by atoms with E-state index < -0.39 is 0 Å². The average Bonchev–Trinajstić information content (AvgIpc) is 2.89. The number of nitrogens with zero attached hydrogens (tertiary/aromatic N) is 2. The van der Waals surface area contributed by atoms with E-state index in [1.54, 1.807) is 7.05 Å². The zero-order valence-corrected chi connectivity index (χ0v) is 7.91. The first-order chi connectivity index (χ1) is 6.79. The van der Waals surface area contributed by atoms with Crippen molar-refractivity contribution in [3.8, 4) is 0 Å². The molecule has 1 amide bonds. The summed E-state index contributed by atoms with van der Waals surface area (Å²) in [6, 6.07) is 0.187. The van der Waals surface area contributed by atoms with Gasteiger partial charge in [0.15, 0.2) is 0 Å². The number of hydrogen-bond donors (Lipinski definition) is 2. The van der Waals surface area contributed by atoms with Gasteiger partial charge in [-0.3, -0.25) is 10.1 Å². The molecule has 0 spiro atoms. The number of likely N-dealkylation sites (N-methyl/N-ethyl adjacent to an activating group) is 1.